The van der Waals surface area contributed by atoms with Crippen molar-refractivity contribution in [1.29, 1.82) is 0 Å². The molecule has 2 heterocycles. The zero-order chi connectivity index (χ0) is 9.42. The SMILES string of the molecule is O=C(O)c1ccnc2[nH]cc(I)c12. The summed E-state index contributed by atoms with van der Waals surface area (Å²) in [5, 5.41) is 9.56. The molecule has 0 aliphatic carbocycles. The molecular formula is C8H5IN2O2. The minimum absolute atomic E-state index is 0.288. The summed E-state index contributed by atoms with van der Waals surface area (Å²) in [6.07, 6.45) is 3.23. The molecule has 2 aromatic rings. The van der Waals surface area contributed by atoms with E-state index in [1.807, 2.05) is 0 Å². The van der Waals surface area contributed by atoms with Gasteiger partial charge in [-0.05, 0) is 28.7 Å². The highest BCUT2D eigenvalue weighted by molar-refractivity contribution is 14.1. The van der Waals surface area contributed by atoms with E-state index in [1.54, 1.807) is 6.20 Å². The number of pyridine rings is 1. The zero-order valence-electron chi connectivity index (χ0n) is 6.41. The van der Waals surface area contributed by atoms with Gasteiger partial charge in [0.15, 0.2) is 0 Å². The summed E-state index contributed by atoms with van der Waals surface area (Å²) in [6.45, 7) is 0. The molecule has 0 bridgehead atoms. The number of rotatable bonds is 1. The first-order chi connectivity index (χ1) is 6.20. The van der Waals surface area contributed by atoms with E-state index in [0.717, 1.165) is 3.57 Å². The number of fused-ring (bicyclic) bond motifs is 1. The fraction of sp³-hybridized carbons (Fsp3) is 0. The van der Waals surface area contributed by atoms with Gasteiger partial charge < -0.3 is 10.1 Å². The second kappa shape index (κ2) is 2.99. The molecule has 0 aliphatic rings. The molecule has 0 amide bonds. The van der Waals surface area contributed by atoms with Crippen LogP contribution in [0.3, 0.4) is 0 Å². The van der Waals surface area contributed by atoms with Crippen molar-refractivity contribution in [3.8, 4) is 0 Å². The van der Waals surface area contributed by atoms with Gasteiger partial charge in [-0.1, -0.05) is 0 Å². The number of carboxylic acid groups (broad SMARTS) is 1. The minimum atomic E-state index is -0.926. The fourth-order valence-electron chi connectivity index (χ4n) is 1.20. The zero-order valence-corrected chi connectivity index (χ0v) is 8.57. The summed E-state index contributed by atoms with van der Waals surface area (Å²) < 4.78 is 0.873. The molecule has 66 valence electrons. The van der Waals surface area contributed by atoms with Crippen LogP contribution in [0.15, 0.2) is 18.5 Å². The third-order valence-electron chi connectivity index (χ3n) is 1.76. The van der Waals surface area contributed by atoms with Gasteiger partial charge in [0.2, 0.25) is 0 Å². The van der Waals surface area contributed by atoms with E-state index in [9.17, 15) is 4.79 Å². The lowest BCUT2D eigenvalue weighted by Gasteiger charge is -1.95. The van der Waals surface area contributed by atoms with Crippen LogP contribution in [0.5, 0.6) is 0 Å². The lowest BCUT2D eigenvalue weighted by Crippen LogP contribution is -1.97. The van der Waals surface area contributed by atoms with Gasteiger partial charge in [0.25, 0.3) is 0 Å². The van der Waals surface area contributed by atoms with E-state index >= 15 is 0 Å². The molecule has 0 aromatic carbocycles. The standard InChI is InChI=1S/C8H5IN2O2/c9-5-3-11-7-6(5)4(8(12)13)1-2-10-7/h1-3H,(H,10,11)(H,12,13). The van der Waals surface area contributed by atoms with Gasteiger partial charge in [-0.15, -0.1) is 0 Å². The summed E-state index contributed by atoms with van der Waals surface area (Å²) in [5.41, 5.74) is 0.903. The molecule has 0 atom stereocenters. The van der Waals surface area contributed by atoms with Crippen molar-refractivity contribution in [1.82, 2.24) is 9.97 Å². The van der Waals surface area contributed by atoms with Crippen molar-refractivity contribution < 1.29 is 9.90 Å². The van der Waals surface area contributed by atoms with Crippen molar-refractivity contribution in [3.63, 3.8) is 0 Å². The van der Waals surface area contributed by atoms with Crippen molar-refractivity contribution in [2.24, 2.45) is 0 Å². The molecule has 2 rings (SSSR count). The first-order valence-corrected chi connectivity index (χ1v) is 4.63. The van der Waals surface area contributed by atoms with Crippen molar-refractivity contribution in [3.05, 3.63) is 27.6 Å². The van der Waals surface area contributed by atoms with Crippen LogP contribution in [-0.2, 0) is 0 Å². The molecule has 0 saturated heterocycles. The second-order valence-corrected chi connectivity index (χ2v) is 3.69. The predicted octanol–water partition coefficient (Wildman–Crippen LogP) is 1.87. The minimum Gasteiger partial charge on any atom is -0.478 e. The smallest absolute Gasteiger partial charge is 0.336 e. The molecule has 13 heavy (non-hydrogen) atoms. The van der Waals surface area contributed by atoms with E-state index in [-0.39, 0.29) is 5.56 Å². The predicted molar refractivity (Wildman–Crippen MR) is 55.8 cm³/mol. The van der Waals surface area contributed by atoms with Gasteiger partial charge >= 0.3 is 5.97 Å². The van der Waals surface area contributed by atoms with E-state index < -0.39 is 5.97 Å². The Balaban J connectivity index is 2.88. The van der Waals surface area contributed by atoms with Crippen molar-refractivity contribution in [2.45, 2.75) is 0 Å². The van der Waals surface area contributed by atoms with Gasteiger partial charge in [0.05, 0.1) is 5.56 Å². The summed E-state index contributed by atoms with van der Waals surface area (Å²) in [4.78, 5) is 17.7. The Kier molecular flexibility index (Phi) is 1.95. The van der Waals surface area contributed by atoms with Crippen LogP contribution in [-0.4, -0.2) is 21.0 Å². The number of hydrogen-bond donors (Lipinski definition) is 2. The largest absolute Gasteiger partial charge is 0.478 e. The number of hydrogen-bond acceptors (Lipinski definition) is 2. The quantitative estimate of drug-likeness (QED) is 0.787. The lowest BCUT2D eigenvalue weighted by atomic mass is 10.2. The van der Waals surface area contributed by atoms with Crippen LogP contribution in [0.1, 0.15) is 10.4 Å². The van der Waals surface area contributed by atoms with Gasteiger partial charge in [0.1, 0.15) is 5.65 Å². The maximum Gasteiger partial charge on any atom is 0.336 e. The summed E-state index contributed by atoms with van der Waals surface area (Å²) in [7, 11) is 0. The monoisotopic (exact) mass is 288 g/mol. The van der Waals surface area contributed by atoms with E-state index in [0.29, 0.717) is 11.0 Å². The highest BCUT2D eigenvalue weighted by atomic mass is 127. The highest BCUT2D eigenvalue weighted by Crippen LogP contribution is 2.21. The number of aromatic nitrogens is 2. The number of nitrogens with zero attached hydrogens (tertiary/aromatic N) is 1. The number of halogens is 1. The van der Waals surface area contributed by atoms with Gasteiger partial charge in [-0.25, -0.2) is 9.78 Å². The molecule has 0 unspecified atom stereocenters. The topological polar surface area (TPSA) is 66.0 Å². The molecule has 0 fully saturated rings. The number of carboxylic acids is 1. The van der Waals surface area contributed by atoms with Gasteiger partial charge in [-0.2, -0.15) is 0 Å². The molecule has 0 spiro atoms. The Morgan fingerprint density at radius 2 is 2.38 bits per heavy atom. The van der Waals surface area contributed by atoms with Crippen LogP contribution in [0.4, 0.5) is 0 Å². The Bertz CT molecular complexity index is 478. The van der Waals surface area contributed by atoms with E-state index in [1.165, 1.54) is 12.3 Å². The average molecular weight is 288 g/mol. The third-order valence-corrected chi connectivity index (χ3v) is 2.61. The first kappa shape index (κ1) is 8.49. The molecule has 2 aromatic heterocycles. The summed E-state index contributed by atoms with van der Waals surface area (Å²) in [6, 6.07) is 1.50. The van der Waals surface area contributed by atoms with Crippen molar-refractivity contribution in [2.75, 3.05) is 0 Å². The molecule has 4 nitrogen and oxygen atoms in total. The van der Waals surface area contributed by atoms with Crippen LogP contribution >= 0.6 is 22.6 Å². The molecule has 5 heteroatoms. The van der Waals surface area contributed by atoms with Crippen LogP contribution in [0.2, 0.25) is 0 Å². The Hall–Kier alpha value is -1.11. The normalized spacial score (nSPS) is 10.5. The summed E-state index contributed by atoms with van der Waals surface area (Å²) in [5.74, 6) is -0.926. The maximum absolute atomic E-state index is 10.8. The Morgan fingerprint density at radius 3 is 3.08 bits per heavy atom. The van der Waals surface area contributed by atoms with Crippen LogP contribution in [0, 0.1) is 3.57 Å². The first-order valence-electron chi connectivity index (χ1n) is 3.55. The van der Waals surface area contributed by atoms with Gasteiger partial charge in [0, 0.05) is 21.4 Å². The summed E-state index contributed by atoms with van der Waals surface area (Å²) >= 11 is 2.08. The third kappa shape index (κ3) is 1.28. The average Bonchev–Trinajstić information content (AvgIpc) is 2.48. The number of aromatic amines is 1. The Morgan fingerprint density at radius 1 is 1.62 bits per heavy atom. The molecule has 2 N–H and O–H groups in total. The number of nitrogens with one attached hydrogen (secondary N) is 1. The van der Waals surface area contributed by atoms with Crippen LogP contribution in [0.25, 0.3) is 11.0 Å². The molecule has 0 saturated carbocycles. The number of carbonyl (C=O) groups is 1. The van der Waals surface area contributed by atoms with E-state index in [4.69, 9.17) is 5.11 Å². The Labute approximate surface area is 87.1 Å². The van der Waals surface area contributed by atoms with Crippen LogP contribution < -0.4 is 0 Å². The van der Waals surface area contributed by atoms with Crippen molar-refractivity contribution >= 4 is 39.6 Å². The second-order valence-electron chi connectivity index (χ2n) is 2.52. The van der Waals surface area contributed by atoms with Gasteiger partial charge in [-0.3, -0.25) is 0 Å². The highest BCUT2D eigenvalue weighted by Gasteiger charge is 2.12. The lowest BCUT2D eigenvalue weighted by molar-refractivity contribution is 0.0699. The fourth-order valence-corrected chi connectivity index (χ4v) is 1.90. The maximum atomic E-state index is 10.8. The molecular weight excluding hydrogens is 283 g/mol. The number of H-pyrrole nitrogens is 1. The molecule has 0 aliphatic heterocycles. The van der Waals surface area contributed by atoms with E-state index in [2.05, 4.69) is 32.6 Å². The molecule has 0 radical (unpaired) electrons. The number of aromatic carboxylic acids is 1.